The first kappa shape index (κ1) is 22.4. The smallest absolute Gasteiger partial charge is 0.262 e. The highest BCUT2D eigenvalue weighted by Gasteiger charge is 2.11. The summed E-state index contributed by atoms with van der Waals surface area (Å²) in [6, 6.07) is 10.8. The van der Waals surface area contributed by atoms with Gasteiger partial charge in [0.25, 0.3) is 5.91 Å². The third kappa shape index (κ3) is 6.58. The Kier molecular flexibility index (Phi) is 7.66. The normalized spacial score (nSPS) is 10.5. The van der Waals surface area contributed by atoms with Gasteiger partial charge in [0.05, 0.1) is 26.1 Å². The van der Waals surface area contributed by atoms with Crippen LogP contribution in [0.2, 0.25) is 0 Å². The first-order valence-electron chi connectivity index (χ1n) is 9.51. The largest absolute Gasteiger partial charge is 0.497 e. The molecule has 0 atom stereocenters. The van der Waals surface area contributed by atoms with Crippen molar-refractivity contribution in [1.29, 1.82) is 0 Å². The number of methoxy groups -OCH3 is 2. The van der Waals surface area contributed by atoms with Crippen molar-refractivity contribution in [2.45, 2.75) is 24.8 Å². The quantitative estimate of drug-likeness (QED) is 0.396. The second-order valence-electron chi connectivity index (χ2n) is 6.62. The highest BCUT2D eigenvalue weighted by Crippen LogP contribution is 2.29. The van der Waals surface area contributed by atoms with Gasteiger partial charge in [-0.1, -0.05) is 17.8 Å². The van der Waals surface area contributed by atoms with Gasteiger partial charge in [0.2, 0.25) is 0 Å². The van der Waals surface area contributed by atoms with E-state index in [9.17, 15) is 4.79 Å². The number of amides is 1. The predicted molar refractivity (Wildman–Crippen MR) is 119 cm³/mol. The van der Waals surface area contributed by atoms with E-state index in [1.807, 2.05) is 19.9 Å². The van der Waals surface area contributed by atoms with E-state index in [2.05, 4.69) is 20.3 Å². The van der Waals surface area contributed by atoms with E-state index in [1.54, 1.807) is 43.6 Å². The van der Waals surface area contributed by atoms with Crippen molar-refractivity contribution >= 4 is 23.4 Å². The van der Waals surface area contributed by atoms with E-state index in [1.165, 1.54) is 18.9 Å². The minimum Gasteiger partial charge on any atom is -0.497 e. The molecule has 0 saturated heterocycles. The Labute approximate surface area is 185 Å². The number of hydrogen-bond acceptors (Lipinski definition) is 8. The number of thioether (sulfide) groups is 1. The molecule has 3 aromatic rings. The molecule has 0 spiro atoms. The zero-order chi connectivity index (χ0) is 22.2. The summed E-state index contributed by atoms with van der Waals surface area (Å²) >= 11 is 1.48. The zero-order valence-electron chi connectivity index (χ0n) is 17.8. The Morgan fingerprint density at radius 2 is 1.81 bits per heavy atom. The van der Waals surface area contributed by atoms with Crippen molar-refractivity contribution in [2.75, 3.05) is 26.1 Å². The molecule has 3 rings (SSSR count). The van der Waals surface area contributed by atoms with Crippen molar-refractivity contribution in [3.63, 3.8) is 0 Å². The van der Waals surface area contributed by atoms with Crippen molar-refractivity contribution in [3.05, 3.63) is 59.7 Å². The fraction of sp³-hybridized carbons (Fsp3) is 0.273. The Morgan fingerprint density at radius 1 is 1.03 bits per heavy atom. The van der Waals surface area contributed by atoms with Gasteiger partial charge in [-0.05, 0) is 32.0 Å². The number of hydrogen-bond donors (Lipinski definition) is 1. The van der Waals surface area contributed by atoms with Crippen LogP contribution in [-0.2, 0) is 10.5 Å². The number of benzene rings is 1. The minimum atomic E-state index is -0.299. The lowest BCUT2D eigenvalue weighted by Crippen LogP contribution is -2.20. The van der Waals surface area contributed by atoms with Gasteiger partial charge in [0, 0.05) is 35.0 Å². The number of aryl methyl sites for hydroxylation is 2. The molecule has 0 fully saturated rings. The highest BCUT2D eigenvalue weighted by molar-refractivity contribution is 7.98. The number of rotatable bonds is 9. The summed E-state index contributed by atoms with van der Waals surface area (Å²) in [5.74, 6) is 1.80. The lowest BCUT2D eigenvalue weighted by molar-refractivity contribution is -0.118. The second kappa shape index (κ2) is 10.6. The van der Waals surface area contributed by atoms with E-state index in [0.29, 0.717) is 33.8 Å². The molecule has 1 N–H and O–H groups in total. The first-order chi connectivity index (χ1) is 15.0. The maximum absolute atomic E-state index is 12.3. The van der Waals surface area contributed by atoms with Crippen LogP contribution >= 0.6 is 11.8 Å². The average molecular weight is 441 g/mol. The van der Waals surface area contributed by atoms with E-state index in [4.69, 9.17) is 14.2 Å². The lowest BCUT2D eigenvalue weighted by atomic mass is 10.3. The number of nitrogens with zero attached hydrogens (tertiary/aromatic N) is 3. The number of carbonyl (C=O) groups is 1. The molecule has 0 saturated carbocycles. The molecular weight excluding hydrogens is 416 g/mol. The number of aromatic nitrogens is 3. The van der Waals surface area contributed by atoms with E-state index < -0.39 is 0 Å². The Bertz CT molecular complexity index is 1040. The molecular formula is C22H24N4O4S. The number of ether oxygens (including phenoxy) is 3. The maximum Gasteiger partial charge on any atom is 0.262 e. The van der Waals surface area contributed by atoms with Crippen LogP contribution in [0.4, 0.5) is 5.69 Å². The third-order valence-electron chi connectivity index (χ3n) is 4.13. The predicted octanol–water partition coefficient (Wildman–Crippen LogP) is 3.82. The molecule has 2 aromatic heterocycles. The molecule has 0 aliphatic carbocycles. The van der Waals surface area contributed by atoms with Crippen molar-refractivity contribution in [3.8, 4) is 17.2 Å². The molecule has 2 heterocycles. The van der Waals surface area contributed by atoms with Crippen molar-refractivity contribution in [1.82, 2.24) is 15.0 Å². The van der Waals surface area contributed by atoms with E-state index in [0.717, 1.165) is 17.1 Å². The van der Waals surface area contributed by atoms with Crippen LogP contribution in [0.15, 0.2) is 47.8 Å². The molecule has 0 radical (unpaired) electrons. The van der Waals surface area contributed by atoms with Crippen LogP contribution in [0.1, 0.15) is 17.1 Å². The SMILES string of the molecule is COc1cccc(NC(=O)COc2cc(CSc3nc(C)cc(C)n3)ncc2OC)c1. The summed E-state index contributed by atoms with van der Waals surface area (Å²) < 4.78 is 16.2. The summed E-state index contributed by atoms with van der Waals surface area (Å²) in [7, 11) is 3.10. The molecule has 8 nitrogen and oxygen atoms in total. The molecule has 1 amide bonds. The van der Waals surface area contributed by atoms with Gasteiger partial charge in [-0.3, -0.25) is 9.78 Å². The van der Waals surface area contributed by atoms with Crippen LogP contribution in [0.5, 0.6) is 17.2 Å². The summed E-state index contributed by atoms with van der Waals surface area (Å²) in [6.45, 7) is 3.70. The average Bonchev–Trinajstić information content (AvgIpc) is 2.76. The van der Waals surface area contributed by atoms with E-state index in [-0.39, 0.29) is 12.5 Å². The van der Waals surface area contributed by atoms with Gasteiger partial charge in [0.1, 0.15) is 5.75 Å². The van der Waals surface area contributed by atoms with Crippen LogP contribution in [0.25, 0.3) is 0 Å². The van der Waals surface area contributed by atoms with Crippen molar-refractivity contribution in [2.24, 2.45) is 0 Å². The molecule has 0 aliphatic heterocycles. The summed E-state index contributed by atoms with van der Waals surface area (Å²) in [6.07, 6.45) is 1.58. The van der Waals surface area contributed by atoms with Gasteiger partial charge < -0.3 is 19.5 Å². The standard InChI is InChI=1S/C22H24N4O4S/c1-14-8-15(2)25-22(24-14)31-13-17-10-19(20(29-4)11-23-17)30-12-21(27)26-16-6-5-7-18(9-16)28-3/h5-11H,12-13H2,1-4H3,(H,26,27). The molecule has 162 valence electrons. The fourth-order valence-electron chi connectivity index (χ4n) is 2.75. The molecule has 31 heavy (non-hydrogen) atoms. The Hall–Kier alpha value is -3.33. The Morgan fingerprint density at radius 3 is 2.52 bits per heavy atom. The number of anilines is 1. The van der Waals surface area contributed by atoms with Gasteiger partial charge in [-0.2, -0.15) is 0 Å². The lowest BCUT2D eigenvalue weighted by Gasteiger charge is -2.12. The topological polar surface area (TPSA) is 95.5 Å². The molecule has 1 aromatic carbocycles. The summed E-state index contributed by atoms with van der Waals surface area (Å²) in [4.78, 5) is 25.5. The number of pyridine rings is 1. The Balaban J connectivity index is 1.62. The summed E-state index contributed by atoms with van der Waals surface area (Å²) in [5.41, 5.74) is 3.23. The number of carbonyl (C=O) groups excluding carboxylic acids is 1. The monoisotopic (exact) mass is 440 g/mol. The summed E-state index contributed by atoms with van der Waals surface area (Å²) in [5, 5.41) is 3.47. The zero-order valence-corrected chi connectivity index (χ0v) is 18.7. The molecule has 9 heteroatoms. The number of nitrogens with one attached hydrogen (secondary N) is 1. The fourth-order valence-corrected chi connectivity index (χ4v) is 3.60. The first-order valence-corrected chi connectivity index (χ1v) is 10.5. The third-order valence-corrected chi connectivity index (χ3v) is 5.01. The van der Waals surface area contributed by atoms with Gasteiger partial charge in [-0.25, -0.2) is 9.97 Å². The molecule has 0 aliphatic rings. The van der Waals surface area contributed by atoms with Crippen molar-refractivity contribution < 1.29 is 19.0 Å². The molecule has 0 unspecified atom stereocenters. The van der Waals surface area contributed by atoms with E-state index >= 15 is 0 Å². The van der Waals surface area contributed by atoms with Crippen LogP contribution in [0, 0.1) is 13.8 Å². The second-order valence-corrected chi connectivity index (χ2v) is 7.56. The van der Waals surface area contributed by atoms with Crippen LogP contribution in [-0.4, -0.2) is 41.7 Å². The maximum atomic E-state index is 12.3. The minimum absolute atomic E-state index is 0.176. The van der Waals surface area contributed by atoms with Gasteiger partial charge in [0.15, 0.2) is 23.3 Å². The van der Waals surface area contributed by atoms with Crippen LogP contribution < -0.4 is 19.5 Å². The molecule has 0 bridgehead atoms. The highest BCUT2D eigenvalue weighted by atomic mass is 32.2. The van der Waals surface area contributed by atoms with Gasteiger partial charge in [-0.15, -0.1) is 0 Å². The van der Waals surface area contributed by atoms with Gasteiger partial charge >= 0.3 is 0 Å². The van der Waals surface area contributed by atoms with Crippen LogP contribution in [0.3, 0.4) is 0 Å².